The van der Waals surface area contributed by atoms with Crippen LogP contribution in [0.5, 0.6) is 17.2 Å². The number of carbonyl (C=O) groups is 2. The number of likely N-dealkylation sites (N-methyl/N-ethyl adjacent to an activating group) is 1. The summed E-state index contributed by atoms with van der Waals surface area (Å²) >= 11 is 1.34. The highest BCUT2D eigenvalue weighted by molar-refractivity contribution is 8.00. The highest BCUT2D eigenvalue weighted by atomic mass is 32.2. The number of amides is 1. The van der Waals surface area contributed by atoms with Crippen molar-refractivity contribution in [3.05, 3.63) is 48.0 Å². The number of hydrogen-bond donors (Lipinski definition) is 0. The van der Waals surface area contributed by atoms with Gasteiger partial charge in [0, 0.05) is 18.5 Å². The van der Waals surface area contributed by atoms with Crippen molar-refractivity contribution in [2.45, 2.75) is 11.4 Å². The molecule has 0 aromatic heterocycles. The molecule has 1 amide bonds. The summed E-state index contributed by atoms with van der Waals surface area (Å²) in [5.41, 5.74) is 0.909. The maximum Gasteiger partial charge on any atom is 0.316 e. The summed E-state index contributed by atoms with van der Waals surface area (Å²) in [7, 11) is 3.26. The lowest BCUT2D eigenvalue weighted by Crippen LogP contribution is -2.31. The van der Waals surface area contributed by atoms with Crippen LogP contribution in [0.3, 0.4) is 0 Å². The smallest absolute Gasteiger partial charge is 0.316 e. The van der Waals surface area contributed by atoms with E-state index in [2.05, 4.69) is 0 Å². The Hall–Kier alpha value is -2.87. The maximum atomic E-state index is 12.3. The number of hydrogen-bond acceptors (Lipinski definition) is 7. The third kappa shape index (κ3) is 6.05. The Morgan fingerprint density at radius 1 is 1.07 bits per heavy atom. The number of carbonyl (C=O) groups excluding carboxylic acids is 2. The van der Waals surface area contributed by atoms with Crippen molar-refractivity contribution in [2.75, 3.05) is 39.7 Å². The zero-order valence-corrected chi connectivity index (χ0v) is 17.2. The molecule has 3 rings (SSSR count). The van der Waals surface area contributed by atoms with Gasteiger partial charge in [-0.15, -0.1) is 11.8 Å². The van der Waals surface area contributed by atoms with E-state index in [1.165, 1.54) is 16.7 Å². The largest absolute Gasteiger partial charge is 0.497 e. The first-order valence-electron chi connectivity index (χ1n) is 9.10. The van der Waals surface area contributed by atoms with Crippen molar-refractivity contribution in [2.24, 2.45) is 0 Å². The zero-order valence-electron chi connectivity index (χ0n) is 16.4. The fraction of sp³-hybridized carbons (Fsp3) is 0.333. The number of methoxy groups -OCH3 is 1. The molecule has 2 aromatic rings. The van der Waals surface area contributed by atoms with Crippen molar-refractivity contribution in [3.8, 4) is 17.2 Å². The molecular formula is C21H23NO6S. The van der Waals surface area contributed by atoms with Gasteiger partial charge in [0.2, 0.25) is 0 Å². The molecule has 0 fully saturated rings. The van der Waals surface area contributed by atoms with Crippen molar-refractivity contribution in [3.63, 3.8) is 0 Å². The molecule has 0 saturated heterocycles. The van der Waals surface area contributed by atoms with Crippen LogP contribution in [0.1, 0.15) is 5.56 Å². The molecule has 0 N–H and O–H groups in total. The minimum Gasteiger partial charge on any atom is -0.497 e. The van der Waals surface area contributed by atoms with Crippen LogP contribution in [0, 0.1) is 0 Å². The molecular weight excluding hydrogens is 394 g/mol. The van der Waals surface area contributed by atoms with E-state index in [0.29, 0.717) is 31.3 Å². The second-order valence-corrected chi connectivity index (χ2v) is 7.40. The van der Waals surface area contributed by atoms with Gasteiger partial charge in [0.05, 0.1) is 12.9 Å². The van der Waals surface area contributed by atoms with Gasteiger partial charge in [0.25, 0.3) is 5.91 Å². The van der Waals surface area contributed by atoms with Gasteiger partial charge in [0.15, 0.2) is 18.1 Å². The first kappa shape index (κ1) is 20.9. The number of fused-ring (bicyclic) bond motifs is 1. The summed E-state index contributed by atoms with van der Waals surface area (Å²) in [6, 6.07) is 12.9. The molecule has 0 spiro atoms. The lowest BCUT2D eigenvalue weighted by molar-refractivity contribution is -0.149. The Morgan fingerprint density at radius 2 is 1.79 bits per heavy atom. The van der Waals surface area contributed by atoms with Crippen LogP contribution in [0.15, 0.2) is 47.4 Å². The molecule has 2 aromatic carbocycles. The Bertz CT molecular complexity index is 855. The first-order valence-corrected chi connectivity index (χ1v) is 10.1. The van der Waals surface area contributed by atoms with Crippen molar-refractivity contribution >= 4 is 23.6 Å². The molecule has 0 atom stereocenters. The number of benzene rings is 2. The molecule has 154 valence electrons. The van der Waals surface area contributed by atoms with Gasteiger partial charge in [-0.3, -0.25) is 9.59 Å². The average Bonchev–Trinajstić information content (AvgIpc) is 2.76. The predicted octanol–water partition coefficient (Wildman–Crippen LogP) is 2.76. The molecule has 0 bridgehead atoms. The minimum absolute atomic E-state index is 0.130. The first-order chi connectivity index (χ1) is 14.0. The topological polar surface area (TPSA) is 74.3 Å². The predicted molar refractivity (Wildman–Crippen MR) is 109 cm³/mol. The van der Waals surface area contributed by atoms with E-state index in [1.807, 2.05) is 42.5 Å². The van der Waals surface area contributed by atoms with E-state index in [4.69, 9.17) is 18.9 Å². The van der Waals surface area contributed by atoms with Gasteiger partial charge in [-0.05, 0) is 42.0 Å². The fourth-order valence-electron chi connectivity index (χ4n) is 2.66. The summed E-state index contributed by atoms with van der Waals surface area (Å²) in [5, 5.41) is 0. The van der Waals surface area contributed by atoms with Crippen LogP contribution < -0.4 is 14.2 Å². The average molecular weight is 417 g/mol. The van der Waals surface area contributed by atoms with E-state index in [9.17, 15) is 9.59 Å². The van der Waals surface area contributed by atoms with Crippen LogP contribution >= 0.6 is 11.8 Å². The summed E-state index contributed by atoms with van der Waals surface area (Å²) in [6.07, 6.45) is 0. The summed E-state index contributed by atoms with van der Waals surface area (Å²) in [6.45, 7) is 1.14. The second-order valence-electron chi connectivity index (χ2n) is 6.35. The van der Waals surface area contributed by atoms with Crippen molar-refractivity contribution in [1.29, 1.82) is 0 Å². The number of rotatable bonds is 8. The van der Waals surface area contributed by atoms with E-state index < -0.39 is 5.97 Å². The van der Waals surface area contributed by atoms with Crippen LogP contribution in [0.4, 0.5) is 0 Å². The normalized spacial score (nSPS) is 12.2. The molecule has 1 aliphatic rings. The van der Waals surface area contributed by atoms with Crippen LogP contribution in [0.2, 0.25) is 0 Å². The molecule has 7 nitrogen and oxygen atoms in total. The molecule has 8 heteroatoms. The third-order valence-corrected chi connectivity index (χ3v) is 5.21. The highest BCUT2D eigenvalue weighted by Crippen LogP contribution is 2.31. The maximum absolute atomic E-state index is 12.3. The Labute approximate surface area is 173 Å². The van der Waals surface area contributed by atoms with Gasteiger partial charge in [0.1, 0.15) is 19.0 Å². The van der Waals surface area contributed by atoms with Crippen LogP contribution in [-0.2, 0) is 20.9 Å². The minimum atomic E-state index is -0.438. The monoisotopic (exact) mass is 417 g/mol. The lowest BCUT2D eigenvalue weighted by Gasteiger charge is -2.21. The molecule has 0 saturated carbocycles. The van der Waals surface area contributed by atoms with Gasteiger partial charge < -0.3 is 23.8 Å². The molecule has 0 aliphatic carbocycles. The number of nitrogens with zero attached hydrogens (tertiary/aromatic N) is 1. The number of esters is 1. The lowest BCUT2D eigenvalue weighted by atomic mass is 10.2. The Morgan fingerprint density at radius 3 is 2.52 bits per heavy atom. The summed E-state index contributed by atoms with van der Waals surface area (Å²) in [5.74, 6) is 1.55. The summed E-state index contributed by atoms with van der Waals surface area (Å²) in [4.78, 5) is 26.6. The van der Waals surface area contributed by atoms with E-state index >= 15 is 0 Å². The molecule has 1 aliphatic heterocycles. The van der Waals surface area contributed by atoms with Gasteiger partial charge in [-0.1, -0.05) is 6.07 Å². The Kier molecular flexibility index (Phi) is 7.24. The van der Waals surface area contributed by atoms with Gasteiger partial charge in [-0.25, -0.2) is 0 Å². The van der Waals surface area contributed by atoms with Crippen molar-refractivity contribution < 1.29 is 28.5 Å². The van der Waals surface area contributed by atoms with E-state index in [-0.39, 0.29) is 18.3 Å². The second kappa shape index (κ2) is 10.1. The molecule has 29 heavy (non-hydrogen) atoms. The third-order valence-electron chi connectivity index (χ3n) is 4.22. The fourth-order valence-corrected chi connectivity index (χ4v) is 3.35. The van der Waals surface area contributed by atoms with E-state index in [1.54, 1.807) is 14.2 Å². The highest BCUT2D eigenvalue weighted by Gasteiger charge is 2.16. The SMILES string of the molecule is COc1ccc(SCC(=O)OCC(=O)N(C)Cc2ccc3c(c2)OCCO3)cc1. The molecule has 0 radical (unpaired) electrons. The quantitative estimate of drug-likeness (QED) is 0.483. The van der Waals surface area contributed by atoms with Crippen LogP contribution in [-0.4, -0.2) is 56.5 Å². The van der Waals surface area contributed by atoms with Crippen LogP contribution in [0.25, 0.3) is 0 Å². The Balaban J connectivity index is 1.41. The number of ether oxygens (including phenoxy) is 4. The summed E-state index contributed by atoms with van der Waals surface area (Å²) < 4.78 is 21.2. The molecule has 1 heterocycles. The zero-order chi connectivity index (χ0) is 20.6. The standard InChI is InChI=1S/C21H23NO6S/c1-22(12-15-3-8-18-19(11-15)27-10-9-26-18)20(23)13-28-21(24)14-29-17-6-4-16(25-2)5-7-17/h3-8,11H,9-10,12-14H2,1-2H3. The number of thioether (sulfide) groups is 1. The van der Waals surface area contributed by atoms with E-state index in [0.717, 1.165) is 16.2 Å². The van der Waals surface area contributed by atoms with Gasteiger partial charge in [-0.2, -0.15) is 0 Å². The van der Waals surface area contributed by atoms with Crippen molar-refractivity contribution in [1.82, 2.24) is 4.90 Å². The van der Waals surface area contributed by atoms with Gasteiger partial charge >= 0.3 is 5.97 Å². The molecule has 0 unspecified atom stereocenters.